The predicted molar refractivity (Wildman–Crippen MR) is 79.3 cm³/mol. The van der Waals surface area contributed by atoms with Crippen LogP contribution in [0, 0.1) is 0 Å². The van der Waals surface area contributed by atoms with Crippen molar-refractivity contribution < 1.29 is 9.59 Å². The topological polar surface area (TPSA) is 72.2 Å². The van der Waals surface area contributed by atoms with E-state index < -0.39 is 0 Å². The molecule has 0 atom stereocenters. The van der Waals surface area contributed by atoms with E-state index in [1.165, 1.54) is 11.3 Å². The molecule has 3 N–H and O–H groups in total. The Labute approximate surface area is 122 Å². The van der Waals surface area contributed by atoms with Crippen LogP contribution in [0.4, 0.5) is 5.69 Å². The van der Waals surface area contributed by atoms with Gasteiger partial charge in [0.2, 0.25) is 5.91 Å². The largest absolute Gasteiger partial charge is 0.369 e. The number of amides is 2. The van der Waals surface area contributed by atoms with Gasteiger partial charge >= 0.3 is 0 Å². The van der Waals surface area contributed by atoms with Crippen molar-refractivity contribution in [1.29, 1.82) is 0 Å². The average Bonchev–Trinajstić information content (AvgIpc) is 2.78. The number of carbonyl (C=O) groups excluding carboxylic acids is 2. The zero-order valence-electron chi connectivity index (χ0n) is 9.85. The molecule has 0 unspecified atom stereocenters. The number of hydrogen-bond donors (Lipinski definition) is 2. The number of rotatable bonds is 4. The van der Waals surface area contributed by atoms with E-state index in [-0.39, 0.29) is 18.2 Å². The maximum Gasteiger partial charge on any atom is 0.256 e. The summed E-state index contributed by atoms with van der Waals surface area (Å²) in [6.45, 7) is 0. The van der Waals surface area contributed by atoms with Crippen LogP contribution >= 0.6 is 27.3 Å². The van der Waals surface area contributed by atoms with Gasteiger partial charge in [-0.3, -0.25) is 9.59 Å². The Balaban J connectivity index is 2.03. The van der Waals surface area contributed by atoms with Gasteiger partial charge in [0.15, 0.2) is 0 Å². The molecule has 2 rings (SSSR count). The van der Waals surface area contributed by atoms with Gasteiger partial charge in [-0.2, -0.15) is 0 Å². The van der Waals surface area contributed by atoms with Crippen molar-refractivity contribution in [2.45, 2.75) is 6.42 Å². The van der Waals surface area contributed by atoms with E-state index in [1.807, 2.05) is 0 Å². The van der Waals surface area contributed by atoms with Crippen LogP contribution in [0.25, 0.3) is 0 Å². The summed E-state index contributed by atoms with van der Waals surface area (Å²) in [7, 11) is 0. The summed E-state index contributed by atoms with van der Waals surface area (Å²) in [5, 5.41) is 4.56. The molecule has 4 nitrogen and oxygen atoms in total. The molecular formula is C13H11BrN2O2S. The highest BCUT2D eigenvalue weighted by atomic mass is 79.9. The number of nitrogens with one attached hydrogen (secondary N) is 1. The van der Waals surface area contributed by atoms with Gasteiger partial charge in [-0.1, -0.05) is 12.1 Å². The molecule has 0 bridgehead atoms. The lowest BCUT2D eigenvalue weighted by Gasteiger charge is -2.04. The highest BCUT2D eigenvalue weighted by molar-refractivity contribution is 9.11. The van der Waals surface area contributed by atoms with Crippen LogP contribution in [-0.2, 0) is 11.2 Å². The Kier molecular flexibility index (Phi) is 4.34. The van der Waals surface area contributed by atoms with Gasteiger partial charge in [-0.25, -0.2) is 0 Å². The van der Waals surface area contributed by atoms with Crippen LogP contribution in [0.1, 0.15) is 15.9 Å². The van der Waals surface area contributed by atoms with Gasteiger partial charge in [0, 0.05) is 11.1 Å². The van der Waals surface area contributed by atoms with Crippen LogP contribution < -0.4 is 11.1 Å². The van der Waals surface area contributed by atoms with E-state index in [2.05, 4.69) is 21.2 Å². The molecule has 0 saturated carbocycles. The summed E-state index contributed by atoms with van der Waals surface area (Å²) in [5.41, 5.74) is 7.22. The predicted octanol–water partition coefficient (Wildman–Crippen LogP) is 2.79. The van der Waals surface area contributed by atoms with E-state index in [1.54, 1.807) is 35.7 Å². The number of anilines is 1. The highest BCUT2D eigenvalue weighted by Crippen LogP contribution is 2.21. The van der Waals surface area contributed by atoms with E-state index >= 15 is 0 Å². The zero-order chi connectivity index (χ0) is 13.8. The molecule has 1 aromatic carbocycles. The number of primary amides is 1. The molecule has 1 heterocycles. The fourth-order valence-corrected chi connectivity index (χ4v) is 2.68. The average molecular weight is 339 g/mol. The van der Waals surface area contributed by atoms with Crippen LogP contribution in [0.2, 0.25) is 0 Å². The first-order valence-electron chi connectivity index (χ1n) is 5.47. The van der Waals surface area contributed by atoms with Crippen LogP contribution in [0.5, 0.6) is 0 Å². The molecule has 0 saturated heterocycles. The first-order chi connectivity index (χ1) is 9.04. The van der Waals surface area contributed by atoms with Crippen LogP contribution in [-0.4, -0.2) is 11.8 Å². The number of nitrogens with two attached hydrogens (primary N) is 1. The second-order valence-corrected chi connectivity index (χ2v) is 6.22. The summed E-state index contributed by atoms with van der Waals surface area (Å²) >= 11 is 4.77. The van der Waals surface area contributed by atoms with Crippen molar-refractivity contribution in [3.63, 3.8) is 0 Å². The van der Waals surface area contributed by atoms with Crippen molar-refractivity contribution in [2.75, 3.05) is 5.32 Å². The molecule has 6 heteroatoms. The lowest BCUT2D eigenvalue weighted by molar-refractivity contribution is -0.117. The Morgan fingerprint density at radius 3 is 2.47 bits per heavy atom. The minimum absolute atomic E-state index is 0.162. The number of benzene rings is 1. The lowest BCUT2D eigenvalue weighted by atomic mass is 10.1. The highest BCUT2D eigenvalue weighted by Gasteiger charge is 2.08. The molecule has 1 aromatic heterocycles. The summed E-state index contributed by atoms with van der Waals surface area (Å²) in [6.07, 6.45) is 0.200. The molecular weight excluding hydrogens is 328 g/mol. The van der Waals surface area contributed by atoms with Crippen molar-refractivity contribution >= 4 is 44.8 Å². The van der Waals surface area contributed by atoms with E-state index in [4.69, 9.17) is 5.73 Å². The molecule has 19 heavy (non-hydrogen) atoms. The molecule has 98 valence electrons. The van der Waals surface area contributed by atoms with E-state index in [0.717, 1.165) is 9.35 Å². The monoisotopic (exact) mass is 338 g/mol. The maximum absolute atomic E-state index is 11.9. The summed E-state index contributed by atoms with van der Waals surface area (Å²) in [6, 6.07) is 8.80. The standard InChI is InChI=1S/C13H11BrN2O2S/c14-11-6-9(7-19-11)13(18)16-10-3-1-8(2-4-10)5-12(15)17/h1-4,6-7H,5H2,(H2,15,17)(H,16,18). The Bertz CT molecular complexity index is 607. The summed E-state index contributed by atoms with van der Waals surface area (Å²) in [5.74, 6) is -0.537. The first kappa shape index (κ1) is 13.8. The second-order valence-electron chi connectivity index (χ2n) is 3.93. The van der Waals surface area contributed by atoms with Gasteiger partial charge in [0.25, 0.3) is 5.91 Å². The molecule has 2 amide bonds. The Morgan fingerprint density at radius 1 is 1.26 bits per heavy atom. The molecule has 0 spiro atoms. The Hall–Kier alpha value is -1.66. The molecule has 0 aliphatic heterocycles. The molecule has 0 aliphatic rings. The smallest absolute Gasteiger partial charge is 0.256 e. The van der Waals surface area contributed by atoms with Gasteiger partial charge in [-0.15, -0.1) is 11.3 Å². The van der Waals surface area contributed by atoms with E-state index in [9.17, 15) is 9.59 Å². The fraction of sp³-hybridized carbons (Fsp3) is 0.0769. The minimum atomic E-state index is -0.375. The quantitative estimate of drug-likeness (QED) is 0.899. The zero-order valence-corrected chi connectivity index (χ0v) is 12.3. The van der Waals surface area contributed by atoms with Crippen molar-refractivity contribution in [2.24, 2.45) is 5.73 Å². The van der Waals surface area contributed by atoms with Crippen LogP contribution in [0.3, 0.4) is 0 Å². The minimum Gasteiger partial charge on any atom is -0.369 e. The fourth-order valence-electron chi connectivity index (χ4n) is 1.54. The number of halogens is 1. The van der Waals surface area contributed by atoms with Crippen molar-refractivity contribution in [3.05, 3.63) is 50.6 Å². The molecule has 0 aliphatic carbocycles. The maximum atomic E-state index is 11.9. The lowest BCUT2D eigenvalue weighted by Crippen LogP contribution is -2.14. The number of hydrogen-bond acceptors (Lipinski definition) is 3. The van der Waals surface area contributed by atoms with Gasteiger partial charge in [0.05, 0.1) is 15.8 Å². The van der Waals surface area contributed by atoms with Gasteiger partial charge in [0.1, 0.15) is 0 Å². The third-order valence-electron chi connectivity index (χ3n) is 2.42. The van der Waals surface area contributed by atoms with E-state index in [0.29, 0.717) is 11.3 Å². The van der Waals surface area contributed by atoms with Gasteiger partial charge in [-0.05, 0) is 39.7 Å². The Morgan fingerprint density at radius 2 is 1.95 bits per heavy atom. The third-order valence-corrected chi connectivity index (χ3v) is 3.92. The SMILES string of the molecule is NC(=O)Cc1ccc(NC(=O)c2csc(Br)c2)cc1. The first-order valence-corrected chi connectivity index (χ1v) is 7.14. The molecule has 0 radical (unpaired) electrons. The van der Waals surface area contributed by atoms with Gasteiger partial charge < -0.3 is 11.1 Å². The van der Waals surface area contributed by atoms with Crippen LogP contribution in [0.15, 0.2) is 39.5 Å². The van der Waals surface area contributed by atoms with Crippen molar-refractivity contribution in [1.82, 2.24) is 0 Å². The molecule has 0 fully saturated rings. The second kappa shape index (κ2) is 5.99. The summed E-state index contributed by atoms with van der Waals surface area (Å²) in [4.78, 5) is 22.7. The normalized spacial score (nSPS) is 10.2. The number of thiophene rings is 1. The van der Waals surface area contributed by atoms with Crippen molar-refractivity contribution in [3.8, 4) is 0 Å². The number of carbonyl (C=O) groups is 2. The molecule has 2 aromatic rings. The summed E-state index contributed by atoms with van der Waals surface area (Å²) < 4.78 is 0.912. The third kappa shape index (κ3) is 3.90.